The van der Waals surface area contributed by atoms with Gasteiger partial charge in [-0.1, -0.05) is 0 Å². The van der Waals surface area contributed by atoms with Crippen LogP contribution in [0.4, 0.5) is 15.8 Å². The monoisotopic (exact) mass is 422 g/mol. The predicted molar refractivity (Wildman–Crippen MR) is 107 cm³/mol. The quantitative estimate of drug-likeness (QED) is 0.448. The van der Waals surface area contributed by atoms with Crippen LogP contribution in [-0.4, -0.2) is 22.4 Å². The summed E-state index contributed by atoms with van der Waals surface area (Å²) in [4.78, 5) is 25.9. The number of nitrogens with one attached hydrogen (secondary N) is 1. The molecule has 1 N–H and O–H groups in total. The first kappa shape index (κ1) is 21.2. The van der Waals surface area contributed by atoms with Crippen LogP contribution in [0.3, 0.4) is 0 Å². The van der Waals surface area contributed by atoms with Crippen LogP contribution in [0.15, 0.2) is 54.7 Å². The largest absolute Gasteiger partial charge is 0.484 e. The number of aromatic nitrogens is 1. The minimum absolute atomic E-state index is 0.0117. The van der Waals surface area contributed by atoms with Crippen LogP contribution in [0.5, 0.6) is 17.4 Å². The summed E-state index contributed by atoms with van der Waals surface area (Å²) in [5.74, 6) is -0.968. The fourth-order valence-corrected chi connectivity index (χ4v) is 2.57. The molecular formula is C21H15FN4O5. The van der Waals surface area contributed by atoms with Crippen molar-refractivity contribution in [3.63, 3.8) is 0 Å². The number of hydrogen-bond acceptors (Lipinski definition) is 7. The molecule has 3 rings (SSSR count). The maximum absolute atomic E-state index is 13.6. The van der Waals surface area contributed by atoms with Crippen LogP contribution < -0.4 is 14.8 Å². The average molecular weight is 422 g/mol. The molecule has 1 amide bonds. The van der Waals surface area contributed by atoms with Crippen LogP contribution in [0.2, 0.25) is 0 Å². The van der Waals surface area contributed by atoms with E-state index in [9.17, 15) is 19.3 Å². The Bertz CT molecular complexity index is 1190. The smallest absolute Gasteiger partial charge is 0.305 e. The molecule has 10 heteroatoms. The predicted octanol–water partition coefficient (Wildman–Crippen LogP) is 4.12. The SMILES string of the molecule is Cc1cc(Oc2ncccc2C#N)ccc1NC(=O)COc1ccc([N+](=O)[O-])c(F)c1. The van der Waals surface area contributed by atoms with Gasteiger partial charge in [0.15, 0.2) is 6.61 Å². The van der Waals surface area contributed by atoms with Gasteiger partial charge in [-0.3, -0.25) is 14.9 Å². The number of hydrogen-bond donors (Lipinski definition) is 1. The lowest BCUT2D eigenvalue weighted by Crippen LogP contribution is -2.20. The molecule has 9 nitrogen and oxygen atoms in total. The number of halogens is 1. The summed E-state index contributed by atoms with van der Waals surface area (Å²) in [6.45, 7) is 1.33. The topological polar surface area (TPSA) is 127 Å². The second kappa shape index (κ2) is 9.32. The molecule has 1 aromatic heterocycles. The van der Waals surface area contributed by atoms with Gasteiger partial charge in [0.05, 0.1) is 4.92 Å². The van der Waals surface area contributed by atoms with Gasteiger partial charge in [0.1, 0.15) is 23.1 Å². The zero-order valence-corrected chi connectivity index (χ0v) is 16.2. The molecule has 31 heavy (non-hydrogen) atoms. The molecule has 0 radical (unpaired) electrons. The summed E-state index contributed by atoms with van der Waals surface area (Å²) >= 11 is 0. The third-order valence-corrected chi connectivity index (χ3v) is 4.06. The lowest BCUT2D eigenvalue weighted by Gasteiger charge is -2.12. The van der Waals surface area contributed by atoms with Crippen LogP contribution in [-0.2, 0) is 4.79 Å². The zero-order valence-electron chi connectivity index (χ0n) is 16.2. The Morgan fingerprint density at radius 1 is 1.26 bits per heavy atom. The molecule has 0 atom stereocenters. The summed E-state index contributed by atoms with van der Waals surface area (Å²) in [6.07, 6.45) is 1.51. The molecule has 0 aliphatic rings. The molecule has 0 saturated carbocycles. The maximum Gasteiger partial charge on any atom is 0.305 e. The lowest BCUT2D eigenvalue weighted by atomic mass is 10.2. The van der Waals surface area contributed by atoms with E-state index in [2.05, 4.69) is 10.3 Å². The number of pyridine rings is 1. The molecule has 0 fully saturated rings. The number of ether oxygens (including phenoxy) is 2. The highest BCUT2D eigenvalue weighted by molar-refractivity contribution is 5.92. The van der Waals surface area contributed by atoms with Gasteiger partial charge in [-0.05, 0) is 48.9 Å². The van der Waals surface area contributed by atoms with E-state index in [0.29, 0.717) is 17.0 Å². The van der Waals surface area contributed by atoms with Crippen molar-refractivity contribution >= 4 is 17.3 Å². The molecular weight excluding hydrogens is 407 g/mol. The summed E-state index contributed by atoms with van der Waals surface area (Å²) in [7, 11) is 0. The number of nitrogens with zero attached hydrogens (tertiary/aromatic N) is 3. The number of anilines is 1. The molecule has 2 aromatic carbocycles. The van der Waals surface area contributed by atoms with E-state index in [1.54, 1.807) is 37.3 Å². The van der Waals surface area contributed by atoms with Crippen LogP contribution in [0.25, 0.3) is 0 Å². The van der Waals surface area contributed by atoms with Gasteiger partial charge >= 0.3 is 5.69 Å². The van der Waals surface area contributed by atoms with Gasteiger partial charge in [0, 0.05) is 24.0 Å². The minimum atomic E-state index is -1.05. The standard InChI is InChI=1S/C21H15FN4O5/c1-13-9-16(31-21-14(11-23)3-2-8-24-21)4-6-18(13)25-20(27)12-30-15-5-7-19(26(28)29)17(22)10-15/h2-10H,12H2,1H3,(H,25,27). The first-order chi connectivity index (χ1) is 14.9. The van der Waals surface area contributed by atoms with E-state index in [4.69, 9.17) is 14.7 Å². The molecule has 0 saturated heterocycles. The van der Waals surface area contributed by atoms with Crippen molar-refractivity contribution in [2.24, 2.45) is 0 Å². The summed E-state index contributed by atoms with van der Waals surface area (Å²) in [5, 5.41) is 22.4. The van der Waals surface area contributed by atoms with Gasteiger partial charge in [0.25, 0.3) is 5.91 Å². The maximum atomic E-state index is 13.6. The Morgan fingerprint density at radius 2 is 2.03 bits per heavy atom. The van der Waals surface area contributed by atoms with E-state index in [1.165, 1.54) is 12.3 Å². The number of aryl methyl sites for hydroxylation is 1. The fourth-order valence-electron chi connectivity index (χ4n) is 2.57. The number of rotatable bonds is 7. The Kier molecular flexibility index (Phi) is 6.37. The van der Waals surface area contributed by atoms with Gasteiger partial charge in [-0.15, -0.1) is 0 Å². The highest BCUT2D eigenvalue weighted by Gasteiger charge is 2.15. The zero-order chi connectivity index (χ0) is 22.4. The normalized spacial score (nSPS) is 10.1. The van der Waals surface area contributed by atoms with Crippen molar-refractivity contribution in [2.75, 3.05) is 11.9 Å². The first-order valence-corrected chi connectivity index (χ1v) is 8.87. The molecule has 1 heterocycles. The van der Waals surface area contributed by atoms with Gasteiger partial charge < -0.3 is 14.8 Å². The molecule has 0 unspecified atom stereocenters. The van der Waals surface area contributed by atoms with Crippen LogP contribution in [0, 0.1) is 34.2 Å². The van der Waals surface area contributed by atoms with Crippen molar-refractivity contribution in [1.82, 2.24) is 4.98 Å². The Hall–Kier alpha value is -4.52. The van der Waals surface area contributed by atoms with Crippen molar-refractivity contribution in [1.29, 1.82) is 5.26 Å². The van der Waals surface area contributed by atoms with Gasteiger partial charge in [0.2, 0.25) is 11.7 Å². The van der Waals surface area contributed by atoms with Gasteiger partial charge in [-0.2, -0.15) is 9.65 Å². The Balaban J connectivity index is 1.61. The lowest BCUT2D eigenvalue weighted by molar-refractivity contribution is -0.387. The highest BCUT2D eigenvalue weighted by atomic mass is 19.1. The van der Waals surface area contributed by atoms with Gasteiger partial charge in [-0.25, -0.2) is 4.98 Å². The third-order valence-electron chi connectivity index (χ3n) is 4.06. The molecule has 156 valence electrons. The molecule has 0 bridgehead atoms. The van der Waals surface area contributed by atoms with Crippen molar-refractivity contribution in [3.05, 3.63) is 81.8 Å². The number of nitro benzene ring substituents is 1. The molecule has 0 aliphatic carbocycles. The van der Waals surface area contributed by atoms with E-state index < -0.39 is 28.9 Å². The second-order valence-electron chi connectivity index (χ2n) is 6.25. The fraction of sp³-hybridized carbons (Fsp3) is 0.0952. The van der Waals surface area contributed by atoms with Crippen LogP contribution in [0.1, 0.15) is 11.1 Å². The van der Waals surface area contributed by atoms with E-state index in [1.807, 2.05) is 6.07 Å². The molecule has 0 aliphatic heterocycles. The number of carbonyl (C=O) groups is 1. The average Bonchev–Trinajstić information content (AvgIpc) is 2.74. The Morgan fingerprint density at radius 3 is 2.71 bits per heavy atom. The summed E-state index contributed by atoms with van der Waals surface area (Å²) in [6, 6.07) is 13.1. The first-order valence-electron chi connectivity index (χ1n) is 8.87. The van der Waals surface area contributed by atoms with Crippen molar-refractivity contribution < 1.29 is 23.6 Å². The number of nitro groups is 1. The second-order valence-corrected chi connectivity index (χ2v) is 6.25. The van der Waals surface area contributed by atoms with Crippen LogP contribution >= 0.6 is 0 Å². The summed E-state index contributed by atoms with van der Waals surface area (Å²) < 4.78 is 24.4. The van der Waals surface area contributed by atoms with E-state index in [0.717, 1.165) is 12.1 Å². The van der Waals surface area contributed by atoms with Crippen molar-refractivity contribution in [2.45, 2.75) is 6.92 Å². The van der Waals surface area contributed by atoms with E-state index >= 15 is 0 Å². The Labute approximate surface area is 175 Å². The number of amides is 1. The number of nitriles is 1. The highest BCUT2D eigenvalue weighted by Crippen LogP contribution is 2.27. The third kappa shape index (κ3) is 5.30. The van der Waals surface area contributed by atoms with E-state index in [-0.39, 0.29) is 17.2 Å². The minimum Gasteiger partial charge on any atom is -0.484 e. The molecule has 3 aromatic rings. The van der Waals surface area contributed by atoms with Crippen molar-refractivity contribution in [3.8, 4) is 23.4 Å². The number of benzene rings is 2. The number of carbonyl (C=O) groups excluding carboxylic acids is 1. The summed E-state index contributed by atoms with van der Waals surface area (Å²) in [5.41, 5.74) is 0.790. The molecule has 0 spiro atoms.